The lowest BCUT2D eigenvalue weighted by Gasteiger charge is -2.36. The fraction of sp³-hybridized carbons (Fsp3) is 0.917. The van der Waals surface area contributed by atoms with Crippen LogP contribution >= 0.6 is 0 Å². The molecule has 2 heterocycles. The Balaban J connectivity index is 1.79. The van der Waals surface area contributed by atoms with Crippen molar-refractivity contribution >= 4 is 6.34 Å². The summed E-state index contributed by atoms with van der Waals surface area (Å²) in [5, 5.41) is 0. The number of likely N-dealkylation sites (tertiary alicyclic amines) is 1. The van der Waals surface area contributed by atoms with Gasteiger partial charge >= 0.3 is 0 Å². The first kappa shape index (κ1) is 10.9. The van der Waals surface area contributed by atoms with Gasteiger partial charge in [-0.05, 0) is 38.9 Å². The number of hydrogen-bond donors (Lipinski definition) is 0. The van der Waals surface area contributed by atoms with Crippen molar-refractivity contribution < 1.29 is 0 Å². The molecule has 0 amide bonds. The van der Waals surface area contributed by atoms with Crippen molar-refractivity contribution in [2.24, 2.45) is 10.4 Å². The van der Waals surface area contributed by atoms with Crippen LogP contribution in [-0.4, -0.2) is 55.9 Å². The van der Waals surface area contributed by atoms with E-state index in [1.54, 1.807) is 0 Å². The summed E-state index contributed by atoms with van der Waals surface area (Å²) in [5.74, 6) is 0. The smallest absolute Gasteiger partial charge is 0.0847 e. The van der Waals surface area contributed by atoms with E-state index in [0.29, 0.717) is 5.41 Å². The SMILES string of the molecule is CN1C=NCC(C)(CCN2CCCC2)C1. The molecule has 1 atom stereocenters. The maximum atomic E-state index is 4.44. The van der Waals surface area contributed by atoms with Gasteiger partial charge in [-0.1, -0.05) is 6.92 Å². The van der Waals surface area contributed by atoms with Crippen LogP contribution in [0, 0.1) is 5.41 Å². The predicted octanol–water partition coefficient (Wildman–Crippen LogP) is 1.45. The van der Waals surface area contributed by atoms with Gasteiger partial charge in [-0.3, -0.25) is 4.99 Å². The zero-order valence-corrected chi connectivity index (χ0v) is 10.1. The summed E-state index contributed by atoms with van der Waals surface area (Å²) in [6.07, 6.45) is 6.05. The molecule has 15 heavy (non-hydrogen) atoms. The van der Waals surface area contributed by atoms with Crippen LogP contribution in [0.5, 0.6) is 0 Å². The molecule has 3 heteroatoms. The van der Waals surface area contributed by atoms with Gasteiger partial charge < -0.3 is 9.80 Å². The van der Waals surface area contributed by atoms with Crippen LogP contribution in [-0.2, 0) is 0 Å². The van der Waals surface area contributed by atoms with E-state index in [0.717, 1.165) is 13.1 Å². The molecule has 2 aliphatic rings. The lowest BCUT2D eigenvalue weighted by atomic mass is 9.85. The first-order valence-electron chi connectivity index (χ1n) is 6.11. The second-order valence-corrected chi connectivity index (χ2v) is 5.48. The highest BCUT2D eigenvalue weighted by atomic mass is 15.2. The third kappa shape index (κ3) is 2.94. The molecule has 1 saturated heterocycles. The molecule has 0 bridgehead atoms. The molecular formula is C12H23N3. The second-order valence-electron chi connectivity index (χ2n) is 5.48. The third-order valence-electron chi connectivity index (χ3n) is 3.61. The molecular weight excluding hydrogens is 186 g/mol. The molecule has 86 valence electrons. The highest BCUT2D eigenvalue weighted by molar-refractivity contribution is 5.55. The summed E-state index contributed by atoms with van der Waals surface area (Å²) in [5.41, 5.74) is 0.395. The van der Waals surface area contributed by atoms with E-state index in [1.165, 1.54) is 38.9 Å². The molecule has 2 aliphatic heterocycles. The van der Waals surface area contributed by atoms with Crippen LogP contribution in [0.3, 0.4) is 0 Å². The fourth-order valence-electron chi connectivity index (χ4n) is 2.69. The molecule has 0 radical (unpaired) electrons. The normalized spacial score (nSPS) is 32.5. The highest BCUT2D eigenvalue weighted by Crippen LogP contribution is 2.26. The van der Waals surface area contributed by atoms with E-state index in [-0.39, 0.29) is 0 Å². The average Bonchev–Trinajstić information content (AvgIpc) is 2.67. The molecule has 1 fully saturated rings. The zero-order valence-electron chi connectivity index (χ0n) is 10.1. The van der Waals surface area contributed by atoms with Crippen LogP contribution in [0.1, 0.15) is 26.2 Å². The van der Waals surface area contributed by atoms with E-state index in [2.05, 4.69) is 28.8 Å². The monoisotopic (exact) mass is 209 g/mol. The van der Waals surface area contributed by atoms with Crippen molar-refractivity contribution in [2.75, 3.05) is 39.8 Å². The summed E-state index contributed by atoms with van der Waals surface area (Å²) in [4.78, 5) is 9.26. The summed E-state index contributed by atoms with van der Waals surface area (Å²) < 4.78 is 0. The Hall–Kier alpha value is -0.570. The Labute approximate surface area is 93.2 Å². The number of nitrogens with zero attached hydrogens (tertiary/aromatic N) is 3. The van der Waals surface area contributed by atoms with Crippen molar-refractivity contribution in [2.45, 2.75) is 26.2 Å². The molecule has 0 N–H and O–H groups in total. The molecule has 0 aromatic rings. The fourth-order valence-corrected chi connectivity index (χ4v) is 2.69. The molecule has 2 rings (SSSR count). The average molecular weight is 209 g/mol. The quantitative estimate of drug-likeness (QED) is 0.700. The maximum absolute atomic E-state index is 4.44. The first-order valence-corrected chi connectivity index (χ1v) is 6.11. The van der Waals surface area contributed by atoms with Gasteiger partial charge in [-0.2, -0.15) is 0 Å². The van der Waals surface area contributed by atoms with E-state index in [9.17, 15) is 0 Å². The Morgan fingerprint density at radius 2 is 2.07 bits per heavy atom. The molecule has 0 aromatic carbocycles. The predicted molar refractivity (Wildman–Crippen MR) is 64.4 cm³/mol. The van der Waals surface area contributed by atoms with Crippen LogP contribution < -0.4 is 0 Å². The minimum absolute atomic E-state index is 0.395. The Morgan fingerprint density at radius 1 is 1.33 bits per heavy atom. The topological polar surface area (TPSA) is 18.8 Å². The summed E-state index contributed by atoms with van der Waals surface area (Å²) in [6, 6.07) is 0. The number of aliphatic imine (C=N–C) groups is 1. The van der Waals surface area contributed by atoms with Gasteiger partial charge in [0.25, 0.3) is 0 Å². The molecule has 1 unspecified atom stereocenters. The summed E-state index contributed by atoms with van der Waals surface area (Å²) in [6.45, 7) is 8.43. The Morgan fingerprint density at radius 3 is 2.73 bits per heavy atom. The maximum Gasteiger partial charge on any atom is 0.0847 e. The Kier molecular flexibility index (Phi) is 3.29. The summed E-state index contributed by atoms with van der Waals surface area (Å²) in [7, 11) is 2.12. The number of hydrogen-bond acceptors (Lipinski definition) is 3. The second kappa shape index (κ2) is 4.52. The lowest BCUT2D eigenvalue weighted by molar-refractivity contribution is 0.193. The van der Waals surface area contributed by atoms with Crippen molar-refractivity contribution in [3.8, 4) is 0 Å². The van der Waals surface area contributed by atoms with Crippen molar-refractivity contribution in [1.82, 2.24) is 9.80 Å². The van der Waals surface area contributed by atoms with Gasteiger partial charge in [0.15, 0.2) is 0 Å². The minimum Gasteiger partial charge on any atom is -0.365 e. The third-order valence-corrected chi connectivity index (χ3v) is 3.61. The molecule has 0 aromatic heterocycles. The lowest BCUT2D eigenvalue weighted by Crippen LogP contribution is -2.41. The van der Waals surface area contributed by atoms with Crippen LogP contribution in [0.2, 0.25) is 0 Å². The van der Waals surface area contributed by atoms with Gasteiger partial charge in [0.2, 0.25) is 0 Å². The van der Waals surface area contributed by atoms with Crippen molar-refractivity contribution in [3.05, 3.63) is 0 Å². The van der Waals surface area contributed by atoms with Gasteiger partial charge in [0, 0.05) is 25.6 Å². The molecule has 0 spiro atoms. The highest BCUT2D eigenvalue weighted by Gasteiger charge is 2.28. The van der Waals surface area contributed by atoms with Crippen LogP contribution in [0.25, 0.3) is 0 Å². The van der Waals surface area contributed by atoms with E-state index in [1.807, 2.05) is 6.34 Å². The van der Waals surface area contributed by atoms with Crippen LogP contribution in [0.15, 0.2) is 4.99 Å². The molecule has 0 aliphatic carbocycles. The standard InChI is InChI=1S/C12H23N3/c1-12(9-13-11-14(2)10-12)5-8-15-6-3-4-7-15/h11H,3-10H2,1-2H3. The number of rotatable bonds is 3. The van der Waals surface area contributed by atoms with Gasteiger partial charge in [0.05, 0.1) is 6.34 Å². The van der Waals surface area contributed by atoms with Gasteiger partial charge in [-0.25, -0.2) is 0 Å². The van der Waals surface area contributed by atoms with Gasteiger partial charge in [0.1, 0.15) is 0 Å². The van der Waals surface area contributed by atoms with Crippen molar-refractivity contribution in [1.29, 1.82) is 0 Å². The minimum atomic E-state index is 0.395. The summed E-state index contributed by atoms with van der Waals surface area (Å²) >= 11 is 0. The van der Waals surface area contributed by atoms with E-state index >= 15 is 0 Å². The molecule has 0 saturated carbocycles. The van der Waals surface area contributed by atoms with Crippen molar-refractivity contribution in [3.63, 3.8) is 0 Å². The Bertz CT molecular complexity index is 233. The first-order chi connectivity index (χ1) is 7.18. The van der Waals surface area contributed by atoms with E-state index in [4.69, 9.17) is 0 Å². The largest absolute Gasteiger partial charge is 0.365 e. The zero-order chi connectivity index (χ0) is 10.7. The van der Waals surface area contributed by atoms with Crippen LogP contribution in [0.4, 0.5) is 0 Å². The van der Waals surface area contributed by atoms with E-state index < -0.39 is 0 Å². The van der Waals surface area contributed by atoms with Gasteiger partial charge in [-0.15, -0.1) is 0 Å². The molecule has 3 nitrogen and oxygen atoms in total.